The number of carbonyl (C=O) groups excluding carboxylic acids is 1. The van der Waals surface area contributed by atoms with Crippen molar-refractivity contribution in [3.8, 4) is 0 Å². The van der Waals surface area contributed by atoms with Crippen molar-refractivity contribution in [3.63, 3.8) is 0 Å². The molecule has 130 valence electrons. The van der Waals surface area contributed by atoms with Crippen LogP contribution < -0.4 is 0 Å². The zero-order chi connectivity index (χ0) is 16.6. The number of hydrogen-bond acceptors (Lipinski definition) is 4. The number of unbranched alkanes of at least 4 members (excludes halogenated alkanes) is 6. The summed E-state index contributed by atoms with van der Waals surface area (Å²) in [5.41, 5.74) is 0. The van der Waals surface area contributed by atoms with Crippen molar-refractivity contribution in [2.24, 2.45) is 0 Å². The van der Waals surface area contributed by atoms with Crippen LogP contribution in [0.1, 0.15) is 77.6 Å². The lowest BCUT2D eigenvalue weighted by atomic mass is 10.0. The van der Waals surface area contributed by atoms with Gasteiger partial charge in [-0.15, -0.1) is 0 Å². The van der Waals surface area contributed by atoms with Gasteiger partial charge in [0.2, 0.25) is 0 Å². The van der Waals surface area contributed by atoms with Crippen LogP contribution in [0, 0.1) is 0 Å². The summed E-state index contributed by atoms with van der Waals surface area (Å²) in [7, 11) is 1.43. The molecule has 2 atom stereocenters. The van der Waals surface area contributed by atoms with Crippen molar-refractivity contribution in [1.29, 1.82) is 0 Å². The number of aliphatic hydroxyl groups excluding tert-OH is 2. The highest BCUT2D eigenvalue weighted by Gasteiger charge is 2.13. The van der Waals surface area contributed by atoms with Gasteiger partial charge >= 0.3 is 5.97 Å². The van der Waals surface area contributed by atoms with Gasteiger partial charge in [0, 0.05) is 6.42 Å². The van der Waals surface area contributed by atoms with E-state index in [1.165, 1.54) is 7.11 Å². The Hall–Kier alpha value is -0.870. The molecule has 4 nitrogen and oxygen atoms in total. The fourth-order valence-corrected chi connectivity index (χ4v) is 2.28. The normalized spacial score (nSPS) is 14.2. The number of rotatable bonds is 14. The summed E-state index contributed by atoms with van der Waals surface area (Å²) in [5.74, 6) is -0.123. The molecule has 4 heteroatoms. The lowest BCUT2D eigenvalue weighted by molar-refractivity contribution is -0.140. The van der Waals surface area contributed by atoms with Crippen LogP contribution in [-0.2, 0) is 9.53 Å². The van der Waals surface area contributed by atoms with E-state index in [2.05, 4.69) is 17.7 Å². The second kappa shape index (κ2) is 15.0. The van der Waals surface area contributed by atoms with Crippen molar-refractivity contribution in [2.75, 3.05) is 7.11 Å². The van der Waals surface area contributed by atoms with E-state index in [0.29, 0.717) is 19.3 Å². The standard InChI is InChI=1S/C18H34O4/c1-3-4-13-16(19)17(20)14-11-9-7-5-6-8-10-12-15-18(21)22-2/h9,11,16-17,19-20H,3-8,10,12-15H2,1-2H3/t16-,17+/m0/s1. The summed E-state index contributed by atoms with van der Waals surface area (Å²) in [6.07, 6.45) is 13.0. The van der Waals surface area contributed by atoms with Crippen molar-refractivity contribution in [3.05, 3.63) is 12.2 Å². The molecule has 0 aliphatic heterocycles. The van der Waals surface area contributed by atoms with Gasteiger partial charge in [-0.25, -0.2) is 0 Å². The number of carbonyl (C=O) groups is 1. The topological polar surface area (TPSA) is 66.8 Å². The average Bonchev–Trinajstić information content (AvgIpc) is 2.53. The fraction of sp³-hybridized carbons (Fsp3) is 0.833. The molecule has 0 saturated heterocycles. The molecular weight excluding hydrogens is 280 g/mol. The molecule has 0 fully saturated rings. The highest BCUT2D eigenvalue weighted by atomic mass is 16.5. The van der Waals surface area contributed by atoms with E-state index in [4.69, 9.17) is 0 Å². The molecule has 0 aromatic carbocycles. The van der Waals surface area contributed by atoms with Gasteiger partial charge in [0.15, 0.2) is 0 Å². The van der Waals surface area contributed by atoms with Gasteiger partial charge < -0.3 is 14.9 Å². The van der Waals surface area contributed by atoms with E-state index in [-0.39, 0.29) is 5.97 Å². The van der Waals surface area contributed by atoms with Gasteiger partial charge in [-0.2, -0.15) is 0 Å². The summed E-state index contributed by atoms with van der Waals surface area (Å²) in [6.45, 7) is 2.08. The van der Waals surface area contributed by atoms with Gasteiger partial charge in [-0.1, -0.05) is 51.2 Å². The molecule has 2 N–H and O–H groups in total. The van der Waals surface area contributed by atoms with Crippen LogP contribution in [0.4, 0.5) is 0 Å². The summed E-state index contributed by atoms with van der Waals surface area (Å²) < 4.78 is 4.59. The quantitative estimate of drug-likeness (QED) is 0.291. The molecular formula is C18H34O4. The van der Waals surface area contributed by atoms with E-state index < -0.39 is 12.2 Å². The monoisotopic (exact) mass is 314 g/mol. The summed E-state index contributed by atoms with van der Waals surface area (Å²) in [5, 5.41) is 19.5. The molecule has 0 amide bonds. The minimum Gasteiger partial charge on any atom is -0.469 e. The number of ether oxygens (including phenoxy) is 1. The first-order valence-corrected chi connectivity index (χ1v) is 8.69. The molecule has 0 radical (unpaired) electrons. The highest BCUT2D eigenvalue weighted by molar-refractivity contribution is 5.68. The Balaban J connectivity index is 3.42. The second-order valence-electron chi connectivity index (χ2n) is 5.87. The molecule has 0 heterocycles. The Labute approximate surface area is 135 Å². The van der Waals surface area contributed by atoms with Crippen LogP contribution in [0.2, 0.25) is 0 Å². The molecule has 0 aromatic heterocycles. The van der Waals surface area contributed by atoms with Crippen LogP contribution in [-0.4, -0.2) is 35.5 Å². The summed E-state index contributed by atoms with van der Waals surface area (Å²) in [4.78, 5) is 10.9. The van der Waals surface area contributed by atoms with Crippen molar-refractivity contribution in [2.45, 2.75) is 89.8 Å². The maximum Gasteiger partial charge on any atom is 0.305 e. The molecule has 22 heavy (non-hydrogen) atoms. The third kappa shape index (κ3) is 12.8. The maximum atomic E-state index is 10.9. The molecule has 0 aliphatic carbocycles. The van der Waals surface area contributed by atoms with E-state index in [9.17, 15) is 15.0 Å². The smallest absolute Gasteiger partial charge is 0.305 e. The minimum atomic E-state index is -0.638. The maximum absolute atomic E-state index is 10.9. The number of esters is 1. The van der Waals surface area contributed by atoms with Crippen molar-refractivity contribution >= 4 is 5.97 Å². The summed E-state index contributed by atoms with van der Waals surface area (Å²) in [6, 6.07) is 0. The van der Waals surface area contributed by atoms with Gasteiger partial charge in [0.1, 0.15) is 0 Å². The van der Waals surface area contributed by atoms with Crippen LogP contribution in [0.5, 0.6) is 0 Å². The van der Waals surface area contributed by atoms with Crippen LogP contribution in [0.3, 0.4) is 0 Å². The Morgan fingerprint density at radius 1 is 1.00 bits per heavy atom. The van der Waals surface area contributed by atoms with Gasteiger partial charge in [0.05, 0.1) is 19.3 Å². The number of hydrogen-bond donors (Lipinski definition) is 2. The number of allylic oxidation sites excluding steroid dienone is 1. The first-order valence-electron chi connectivity index (χ1n) is 8.69. The first-order chi connectivity index (χ1) is 10.6. The van der Waals surface area contributed by atoms with E-state index >= 15 is 0 Å². The first kappa shape index (κ1) is 21.1. The number of methoxy groups -OCH3 is 1. The molecule has 0 saturated carbocycles. The summed E-state index contributed by atoms with van der Waals surface area (Å²) >= 11 is 0. The molecule has 0 rings (SSSR count). The highest BCUT2D eigenvalue weighted by Crippen LogP contribution is 2.10. The Morgan fingerprint density at radius 3 is 2.36 bits per heavy atom. The lowest BCUT2D eigenvalue weighted by Gasteiger charge is -2.15. The van der Waals surface area contributed by atoms with Gasteiger partial charge in [0.25, 0.3) is 0 Å². The van der Waals surface area contributed by atoms with E-state index in [1.54, 1.807) is 0 Å². The SMILES string of the molecule is CCCC[C@H](O)[C@H](O)CC=CCCCCCCCC(=O)OC. The van der Waals surface area contributed by atoms with E-state index in [0.717, 1.165) is 51.4 Å². The third-order valence-corrected chi connectivity index (χ3v) is 3.82. The predicted octanol–water partition coefficient (Wildman–Crippen LogP) is 3.75. The van der Waals surface area contributed by atoms with Crippen LogP contribution in [0.25, 0.3) is 0 Å². The Bertz CT molecular complexity index is 289. The van der Waals surface area contributed by atoms with Crippen LogP contribution in [0.15, 0.2) is 12.2 Å². The lowest BCUT2D eigenvalue weighted by Crippen LogP contribution is -2.24. The molecule has 0 unspecified atom stereocenters. The van der Waals surface area contributed by atoms with Crippen molar-refractivity contribution in [1.82, 2.24) is 0 Å². The van der Waals surface area contributed by atoms with Crippen molar-refractivity contribution < 1.29 is 19.7 Å². The predicted molar refractivity (Wildman–Crippen MR) is 89.6 cm³/mol. The third-order valence-electron chi connectivity index (χ3n) is 3.82. The van der Waals surface area contributed by atoms with Gasteiger partial charge in [-0.3, -0.25) is 4.79 Å². The molecule has 0 bridgehead atoms. The zero-order valence-electron chi connectivity index (χ0n) is 14.3. The largest absolute Gasteiger partial charge is 0.469 e. The molecule has 0 spiro atoms. The van der Waals surface area contributed by atoms with Crippen LogP contribution >= 0.6 is 0 Å². The number of aliphatic hydroxyl groups is 2. The van der Waals surface area contributed by atoms with E-state index in [1.807, 2.05) is 6.08 Å². The molecule has 0 aliphatic rings. The zero-order valence-corrected chi connectivity index (χ0v) is 14.3. The minimum absolute atomic E-state index is 0.123. The fourth-order valence-electron chi connectivity index (χ4n) is 2.28. The van der Waals surface area contributed by atoms with Gasteiger partial charge in [-0.05, 0) is 32.1 Å². The Morgan fingerprint density at radius 2 is 1.68 bits per heavy atom. The molecule has 0 aromatic rings. The average molecular weight is 314 g/mol. The Kier molecular flexibility index (Phi) is 14.4. The second-order valence-corrected chi connectivity index (χ2v) is 5.87.